The summed E-state index contributed by atoms with van der Waals surface area (Å²) in [5, 5.41) is 15.7. The van der Waals surface area contributed by atoms with Gasteiger partial charge in [-0.1, -0.05) is 30.3 Å². The third kappa shape index (κ3) is 4.51. The van der Waals surface area contributed by atoms with Gasteiger partial charge in [0.1, 0.15) is 5.69 Å². The number of carbonyl (C=O) groups is 2. The Morgan fingerprint density at radius 3 is 2.52 bits per heavy atom. The molecule has 0 saturated carbocycles. The number of benzene rings is 1. The molecule has 25 heavy (non-hydrogen) atoms. The molecular formula is C17H19N3O5. The summed E-state index contributed by atoms with van der Waals surface area (Å²) in [4.78, 5) is 35.7. The normalized spacial score (nSPS) is 13.0. The highest BCUT2D eigenvalue weighted by Gasteiger charge is 2.35. The Morgan fingerprint density at radius 1 is 1.24 bits per heavy atom. The first-order valence-corrected chi connectivity index (χ1v) is 7.52. The lowest BCUT2D eigenvalue weighted by atomic mass is 10.0. The quantitative estimate of drug-likeness (QED) is 0.756. The van der Waals surface area contributed by atoms with E-state index in [0.29, 0.717) is 0 Å². The number of methoxy groups -OCH3 is 1. The summed E-state index contributed by atoms with van der Waals surface area (Å²) in [6.07, 6.45) is 0. The second kappa shape index (κ2) is 7.71. The molecule has 0 aliphatic rings. The predicted molar refractivity (Wildman–Crippen MR) is 89.4 cm³/mol. The minimum atomic E-state index is -1.60. The number of rotatable bonds is 7. The Bertz CT molecular complexity index is 819. The molecule has 0 spiro atoms. The second-order valence-electron chi connectivity index (χ2n) is 5.72. The summed E-state index contributed by atoms with van der Waals surface area (Å²) in [7, 11) is 1.34. The van der Waals surface area contributed by atoms with E-state index in [1.165, 1.54) is 26.2 Å². The van der Waals surface area contributed by atoms with E-state index in [-0.39, 0.29) is 24.4 Å². The molecule has 1 heterocycles. The summed E-state index contributed by atoms with van der Waals surface area (Å²) in [5.74, 6) is -1.94. The van der Waals surface area contributed by atoms with E-state index in [1.54, 1.807) is 0 Å². The van der Waals surface area contributed by atoms with Gasteiger partial charge < -0.3 is 15.2 Å². The zero-order chi connectivity index (χ0) is 18.4. The SMILES string of the molecule is COCC(C)(NC(=O)c1ccc(=O)n(Cc2ccccc2)n1)C(=O)O. The Morgan fingerprint density at radius 2 is 1.92 bits per heavy atom. The lowest BCUT2D eigenvalue weighted by Gasteiger charge is -2.25. The zero-order valence-electron chi connectivity index (χ0n) is 13.9. The van der Waals surface area contributed by atoms with Crippen molar-refractivity contribution in [2.75, 3.05) is 13.7 Å². The van der Waals surface area contributed by atoms with Crippen LogP contribution in [0.3, 0.4) is 0 Å². The number of carboxylic acids is 1. The van der Waals surface area contributed by atoms with Crippen LogP contribution in [-0.2, 0) is 16.1 Å². The van der Waals surface area contributed by atoms with Crippen LogP contribution in [0.5, 0.6) is 0 Å². The second-order valence-corrected chi connectivity index (χ2v) is 5.72. The maximum absolute atomic E-state index is 12.3. The monoisotopic (exact) mass is 345 g/mol. The van der Waals surface area contributed by atoms with Gasteiger partial charge in [-0.3, -0.25) is 9.59 Å². The molecule has 0 aliphatic carbocycles. The molecule has 132 valence electrons. The smallest absolute Gasteiger partial charge is 0.331 e. The van der Waals surface area contributed by atoms with E-state index >= 15 is 0 Å². The number of nitrogens with zero attached hydrogens (tertiary/aromatic N) is 2. The number of amides is 1. The van der Waals surface area contributed by atoms with Crippen LogP contribution in [0.25, 0.3) is 0 Å². The van der Waals surface area contributed by atoms with E-state index in [0.717, 1.165) is 10.2 Å². The van der Waals surface area contributed by atoms with Crippen LogP contribution in [0.1, 0.15) is 23.0 Å². The van der Waals surface area contributed by atoms with E-state index < -0.39 is 17.4 Å². The molecular weight excluding hydrogens is 326 g/mol. The van der Waals surface area contributed by atoms with Gasteiger partial charge in [-0.25, -0.2) is 9.48 Å². The van der Waals surface area contributed by atoms with Gasteiger partial charge in [0.15, 0.2) is 5.54 Å². The fraction of sp³-hybridized carbons (Fsp3) is 0.294. The number of aliphatic carboxylic acids is 1. The van der Waals surface area contributed by atoms with Crippen LogP contribution >= 0.6 is 0 Å². The number of aromatic nitrogens is 2. The lowest BCUT2D eigenvalue weighted by molar-refractivity contribution is -0.145. The maximum Gasteiger partial charge on any atom is 0.331 e. The largest absolute Gasteiger partial charge is 0.479 e. The van der Waals surface area contributed by atoms with Crippen molar-refractivity contribution in [2.24, 2.45) is 0 Å². The molecule has 0 bridgehead atoms. The molecule has 0 fully saturated rings. The average Bonchev–Trinajstić information content (AvgIpc) is 2.57. The molecule has 0 saturated heterocycles. The van der Waals surface area contributed by atoms with Gasteiger partial charge >= 0.3 is 5.97 Å². The highest BCUT2D eigenvalue weighted by molar-refractivity contribution is 5.96. The predicted octanol–water partition coefficient (Wildman–Crippen LogP) is 0.511. The molecule has 2 aromatic rings. The van der Waals surface area contributed by atoms with Crippen molar-refractivity contribution < 1.29 is 19.4 Å². The molecule has 0 aliphatic heterocycles. The van der Waals surface area contributed by atoms with E-state index in [4.69, 9.17) is 4.74 Å². The molecule has 1 aromatic heterocycles. The number of carbonyl (C=O) groups excluding carboxylic acids is 1. The van der Waals surface area contributed by atoms with Crippen molar-refractivity contribution >= 4 is 11.9 Å². The van der Waals surface area contributed by atoms with Crippen LogP contribution in [-0.4, -0.2) is 46.0 Å². The number of hydrogen-bond acceptors (Lipinski definition) is 5. The van der Waals surface area contributed by atoms with Gasteiger partial charge in [0.05, 0.1) is 13.2 Å². The maximum atomic E-state index is 12.3. The average molecular weight is 345 g/mol. The van der Waals surface area contributed by atoms with Gasteiger partial charge in [0.2, 0.25) is 0 Å². The third-order valence-electron chi connectivity index (χ3n) is 3.57. The van der Waals surface area contributed by atoms with E-state index in [9.17, 15) is 19.5 Å². The molecule has 1 unspecified atom stereocenters. The third-order valence-corrected chi connectivity index (χ3v) is 3.57. The van der Waals surface area contributed by atoms with Gasteiger partial charge in [-0.2, -0.15) is 5.10 Å². The van der Waals surface area contributed by atoms with Crippen molar-refractivity contribution in [3.05, 3.63) is 64.1 Å². The fourth-order valence-electron chi connectivity index (χ4n) is 2.19. The van der Waals surface area contributed by atoms with Crippen LogP contribution in [0, 0.1) is 0 Å². The van der Waals surface area contributed by atoms with Crippen molar-refractivity contribution in [3.63, 3.8) is 0 Å². The molecule has 1 aromatic carbocycles. The highest BCUT2D eigenvalue weighted by Crippen LogP contribution is 2.07. The van der Waals surface area contributed by atoms with Crippen LogP contribution in [0.2, 0.25) is 0 Å². The number of nitrogens with one attached hydrogen (secondary N) is 1. The lowest BCUT2D eigenvalue weighted by Crippen LogP contribution is -2.55. The van der Waals surface area contributed by atoms with Crippen molar-refractivity contribution in [3.8, 4) is 0 Å². The molecule has 0 radical (unpaired) electrons. The molecule has 8 nitrogen and oxygen atoms in total. The number of hydrogen-bond donors (Lipinski definition) is 2. The van der Waals surface area contributed by atoms with Crippen LogP contribution < -0.4 is 10.9 Å². The van der Waals surface area contributed by atoms with Crippen LogP contribution in [0.4, 0.5) is 0 Å². The minimum absolute atomic E-state index is 0.0564. The summed E-state index contributed by atoms with van der Waals surface area (Å²) < 4.78 is 6.01. The highest BCUT2D eigenvalue weighted by atomic mass is 16.5. The molecule has 2 N–H and O–H groups in total. The summed E-state index contributed by atoms with van der Waals surface area (Å²) in [5.41, 5.74) is -1.17. The van der Waals surface area contributed by atoms with Crippen LogP contribution in [0.15, 0.2) is 47.3 Å². The standard InChI is InChI=1S/C17H19N3O5/c1-17(11-25-2,16(23)24)18-15(22)13-8-9-14(21)20(19-13)10-12-6-4-3-5-7-12/h3-9H,10-11H2,1-2H3,(H,18,22)(H,23,24). The van der Waals surface area contributed by atoms with Gasteiger partial charge in [-0.15, -0.1) is 0 Å². The molecule has 1 amide bonds. The first kappa shape index (κ1) is 18.3. The first-order valence-electron chi connectivity index (χ1n) is 7.52. The summed E-state index contributed by atoms with van der Waals surface area (Å²) >= 11 is 0. The summed E-state index contributed by atoms with van der Waals surface area (Å²) in [6, 6.07) is 11.7. The first-order chi connectivity index (χ1) is 11.9. The zero-order valence-corrected chi connectivity index (χ0v) is 13.9. The van der Waals surface area contributed by atoms with Gasteiger partial charge in [0.25, 0.3) is 11.5 Å². The Balaban J connectivity index is 2.25. The summed E-state index contributed by atoms with van der Waals surface area (Å²) in [6.45, 7) is 1.32. The molecule has 8 heteroatoms. The number of carboxylic acid groups (broad SMARTS) is 1. The van der Waals surface area contributed by atoms with Gasteiger partial charge in [0, 0.05) is 13.2 Å². The molecule has 1 atom stereocenters. The van der Waals surface area contributed by atoms with Crippen molar-refractivity contribution in [2.45, 2.75) is 19.0 Å². The fourth-order valence-corrected chi connectivity index (χ4v) is 2.19. The minimum Gasteiger partial charge on any atom is -0.479 e. The molecule has 2 rings (SSSR count). The Kier molecular flexibility index (Phi) is 5.66. The topological polar surface area (TPSA) is 111 Å². The van der Waals surface area contributed by atoms with E-state index in [1.807, 2.05) is 30.3 Å². The number of ether oxygens (including phenoxy) is 1. The van der Waals surface area contributed by atoms with Gasteiger partial charge in [-0.05, 0) is 18.6 Å². The Hall–Kier alpha value is -3.00. The Labute approximate surface area is 144 Å². The van der Waals surface area contributed by atoms with Crippen molar-refractivity contribution in [1.29, 1.82) is 0 Å². The van der Waals surface area contributed by atoms with E-state index in [2.05, 4.69) is 10.4 Å². The van der Waals surface area contributed by atoms with Crippen molar-refractivity contribution in [1.82, 2.24) is 15.1 Å².